The van der Waals surface area contributed by atoms with Gasteiger partial charge in [0.05, 0.1) is 11.9 Å². The van der Waals surface area contributed by atoms with Gasteiger partial charge in [-0.1, -0.05) is 13.8 Å². The molecule has 0 aliphatic rings. The summed E-state index contributed by atoms with van der Waals surface area (Å²) in [7, 11) is 0. The highest BCUT2D eigenvalue weighted by Gasteiger charge is 2.15. The molecule has 0 radical (unpaired) electrons. The zero-order valence-corrected chi connectivity index (χ0v) is 12.5. The maximum absolute atomic E-state index is 13.4. The summed E-state index contributed by atoms with van der Waals surface area (Å²) in [5, 5.41) is 7.76. The fraction of sp³-hybridized carbons (Fsp3) is 0.467. The molecule has 108 valence electrons. The van der Waals surface area contributed by atoms with Gasteiger partial charge >= 0.3 is 0 Å². The van der Waals surface area contributed by atoms with Crippen LogP contribution in [0.4, 0.5) is 4.39 Å². The summed E-state index contributed by atoms with van der Waals surface area (Å²) in [4.78, 5) is 4.24. The molecule has 0 spiro atoms. The maximum atomic E-state index is 13.4. The second-order valence-corrected chi connectivity index (χ2v) is 4.83. The van der Waals surface area contributed by atoms with Crippen LogP contribution in [0, 0.1) is 19.7 Å². The fourth-order valence-electron chi connectivity index (χ4n) is 2.45. The van der Waals surface area contributed by atoms with Crippen LogP contribution in [-0.2, 0) is 13.0 Å². The topological polar surface area (TPSA) is 42.7 Å². The van der Waals surface area contributed by atoms with Gasteiger partial charge < -0.3 is 5.32 Å². The first-order chi connectivity index (χ1) is 9.58. The molecule has 5 heteroatoms. The minimum Gasteiger partial charge on any atom is -0.313 e. The van der Waals surface area contributed by atoms with Crippen molar-refractivity contribution < 1.29 is 4.39 Å². The molecule has 0 fully saturated rings. The van der Waals surface area contributed by atoms with E-state index in [-0.39, 0.29) is 5.82 Å². The molecule has 1 N–H and O–H groups in total. The van der Waals surface area contributed by atoms with Gasteiger partial charge in [-0.25, -0.2) is 14.1 Å². The van der Waals surface area contributed by atoms with E-state index in [0.717, 1.165) is 29.9 Å². The molecule has 2 aromatic heterocycles. The molecule has 2 heterocycles. The highest BCUT2D eigenvalue weighted by Crippen LogP contribution is 2.20. The molecule has 0 saturated heterocycles. The molecular formula is C15H21FN4. The first kappa shape index (κ1) is 14.7. The Kier molecular flexibility index (Phi) is 4.49. The summed E-state index contributed by atoms with van der Waals surface area (Å²) < 4.78 is 15.2. The van der Waals surface area contributed by atoms with Crippen LogP contribution in [0.2, 0.25) is 0 Å². The van der Waals surface area contributed by atoms with Gasteiger partial charge in [-0.15, -0.1) is 0 Å². The Balaban J connectivity index is 2.51. The van der Waals surface area contributed by atoms with Crippen LogP contribution in [0.3, 0.4) is 0 Å². The average Bonchev–Trinajstić information content (AvgIpc) is 2.71. The third-order valence-corrected chi connectivity index (χ3v) is 3.47. The smallest absolute Gasteiger partial charge is 0.158 e. The molecule has 0 bridgehead atoms. The predicted molar refractivity (Wildman–Crippen MR) is 77.5 cm³/mol. The highest BCUT2D eigenvalue weighted by atomic mass is 19.1. The van der Waals surface area contributed by atoms with Crippen LogP contribution in [0.1, 0.15) is 36.4 Å². The molecule has 2 aromatic rings. The standard InChI is InChI=1S/C15H21FN4/c1-5-14-10(3)19-20(11(14)4)15-12(8-17-6-2)7-13(16)9-18-15/h7,9,17H,5-6,8H2,1-4H3. The third kappa shape index (κ3) is 2.72. The number of nitrogens with zero attached hydrogens (tertiary/aromatic N) is 3. The highest BCUT2D eigenvalue weighted by molar-refractivity contribution is 5.38. The minimum atomic E-state index is -0.320. The second-order valence-electron chi connectivity index (χ2n) is 4.83. The number of halogens is 1. The fourth-order valence-corrected chi connectivity index (χ4v) is 2.45. The molecule has 0 aromatic carbocycles. The number of hydrogen-bond donors (Lipinski definition) is 1. The van der Waals surface area contributed by atoms with Gasteiger partial charge in [0.1, 0.15) is 5.82 Å². The van der Waals surface area contributed by atoms with Crippen molar-refractivity contribution >= 4 is 0 Å². The Morgan fingerprint density at radius 3 is 2.65 bits per heavy atom. The monoisotopic (exact) mass is 276 g/mol. The second kappa shape index (κ2) is 6.13. The SMILES string of the molecule is CCNCc1cc(F)cnc1-n1nc(C)c(CC)c1C. The zero-order valence-electron chi connectivity index (χ0n) is 12.5. The molecule has 0 aliphatic carbocycles. The molecule has 20 heavy (non-hydrogen) atoms. The molecule has 0 atom stereocenters. The summed E-state index contributed by atoms with van der Waals surface area (Å²) in [5.74, 6) is 0.381. The van der Waals surface area contributed by atoms with Gasteiger partial charge in [0.25, 0.3) is 0 Å². The lowest BCUT2D eigenvalue weighted by Gasteiger charge is -2.11. The van der Waals surface area contributed by atoms with Gasteiger partial charge in [0.15, 0.2) is 5.82 Å². The molecule has 2 rings (SSSR count). The quantitative estimate of drug-likeness (QED) is 0.913. The summed E-state index contributed by atoms with van der Waals surface area (Å²) in [6, 6.07) is 1.52. The van der Waals surface area contributed by atoms with Crippen LogP contribution < -0.4 is 5.32 Å². The van der Waals surface area contributed by atoms with E-state index in [2.05, 4.69) is 22.3 Å². The summed E-state index contributed by atoms with van der Waals surface area (Å²) in [5.41, 5.74) is 4.12. The van der Waals surface area contributed by atoms with Crippen LogP contribution >= 0.6 is 0 Å². The maximum Gasteiger partial charge on any atom is 0.158 e. The number of rotatable bonds is 5. The summed E-state index contributed by atoms with van der Waals surface area (Å²) >= 11 is 0. The minimum absolute atomic E-state index is 0.320. The van der Waals surface area contributed by atoms with E-state index in [1.54, 1.807) is 0 Å². The van der Waals surface area contributed by atoms with E-state index < -0.39 is 0 Å². The summed E-state index contributed by atoms with van der Waals surface area (Å²) in [6.45, 7) is 9.56. The van der Waals surface area contributed by atoms with Crippen molar-refractivity contribution in [3.63, 3.8) is 0 Å². The van der Waals surface area contributed by atoms with Crippen molar-refractivity contribution in [2.24, 2.45) is 0 Å². The molecular weight excluding hydrogens is 255 g/mol. The first-order valence-electron chi connectivity index (χ1n) is 6.99. The van der Waals surface area contributed by atoms with Crippen LogP contribution in [0.25, 0.3) is 5.82 Å². The lowest BCUT2D eigenvalue weighted by Crippen LogP contribution is -2.16. The van der Waals surface area contributed by atoms with Gasteiger partial charge in [-0.2, -0.15) is 5.10 Å². The average molecular weight is 276 g/mol. The van der Waals surface area contributed by atoms with Crippen molar-refractivity contribution in [2.45, 2.75) is 40.7 Å². The lowest BCUT2D eigenvalue weighted by atomic mass is 10.1. The molecule has 0 amide bonds. The van der Waals surface area contributed by atoms with Crippen molar-refractivity contribution in [3.8, 4) is 5.82 Å². The third-order valence-electron chi connectivity index (χ3n) is 3.47. The predicted octanol–water partition coefficient (Wildman–Crippen LogP) is 2.70. The van der Waals surface area contributed by atoms with E-state index in [0.29, 0.717) is 12.4 Å². The van der Waals surface area contributed by atoms with Crippen molar-refractivity contribution in [2.75, 3.05) is 6.54 Å². The lowest BCUT2D eigenvalue weighted by molar-refractivity contribution is 0.609. The van der Waals surface area contributed by atoms with Crippen molar-refractivity contribution in [1.82, 2.24) is 20.1 Å². The van der Waals surface area contributed by atoms with E-state index in [4.69, 9.17) is 0 Å². The van der Waals surface area contributed by atoms with E-state index in [1.165, 1.54) is 17.8 Å². The first-order valence-corrected chi connectivity index (χ1v) is 6.99. The number of aryl methyl sites for hydroxylation is 1. The number of hydrogen-bond acceptors (Lipinski definition) is 3. The Hall–Kier alpha value is -1.75. The van der Waals surface area contributed by atoms with Crippen LogP contribution in [-0.4, -0.2) is 21.3 Å². The number of aromatic nitrogens is 3. The van der Waals surface area contributed by atoms with Gasteiger partial charge in [-0.05, 0) is 38.4 Å². The van der Waals surface area contributed by atoms with Crippen molar-refractivity contribution in [3.05, 3.63) is 40.6 Å². The molecule has 0 aliphatic heterocycles. The largest absolute Gasteiger partial charge is 0.313 e. The molecule has 0 unspecified atom stereocenters. The van der Waals surface area contributed by atoms with Crippen LogP contribution in [0.5, 0.6) is 0 Å². The Labute approximate surface area is 119 Å². The van der Waals surface area contributed by atoms with Crippen LogP contribution in [0.15, 0.2) is 12.3 Å². The Morgan fingerprint density at radius 2 is 2.05 bits per heavy atom. The van der Waals surface area contributed by atoms with Gasteiger partial charge in [-0.3, -0.25) is 0 Å². The Morgan fingerprint density at radius 1 is 1.30 bits per heavy atom. The number of pyridine rings is 1. The van der Waals surface area contributed by atoms with Gasteiger partial charge in [0, 0.05) is 17.8 Å². The zero-order chi connectivity index (χ0) is 14.7. The van der Waals surface area contributed by atoms with Gasteiger partial charge in [0.2, 0.25) is 0 Å². The van der Waals surface area contributed by atoms with E-state index in [1.807, 2.05) is 25.5 Å². The van der Waals surface area contributed by atoms with Crippen molar-refractivity contribution in [1.29, 1.82) is 0 Å². The van der Waals surface area contributed by atoms with E-state index >= 15 is 0 Å². The van der Waals surface area contributed by atoms with E-state index in [9.17, 15) is 4.39 Å². The number of nitrogens with one attached hydrogen (secondary N) is 1. The Bertz CT molecular complexity index is 604. The molecule has 4 nitrogen and oxygen atoms in total. The normalized spacial score (nSPS) is 11.1. The molecule has 0 saturated carbocycles. The summed E-state index contributed by atoms with van der Waals surface area (Å²) in [6.07, 6.45) is 2.17.